The minimum absolute atomic E-state index is 0.00734. The van der Waals surface area contributed by atoms with Crippen molar-refractivity contribution in [2.75, 3.05) is 34.0 Å². The highest BCUT2D eigenvalue weighted by atomic mass is 32.1. The Morgan fingerprint density at radius 1 is 1.05 bits per heavy atom. The van der Waals surface area contributed by atoms with Gasteiger partial charge in [-0.15, -0.1) is 9.05 Å². The van der Waals surface area contributed by atoms with Crippen LogP contribution in [0.15, 0.2) is 76.5 Å². The second kappa shape index (κ2) is 18.9. The third kappa shape index (κ3) is 9.84. The van der Waals surface area contributed by atoms with Crippen LogP contribution < -0.4 is 20.1 Å². The van der Waals surface area contributed by atoms with Crippen LogP contribution in [0, 0.1) is 4.77 Å². The summed E-state index contributed by atoms with van der Waals surface area (Å²) >= 11 is 5.19. The van der Waals surface area contributed by atoms with Crippen LogP contribution >= 0.6 is 29.0 Å². The molecule has 2 fully saturated rings. The summed E-state index contributed by atoms with van der Waals surface area (Å²) in [5.74, 6) is 2.16. The molecular weight excluding hydrogens is 834 g/mol. The quantitative estimate of drug-likeness (QED) is 0.110. The number of allylic oxidation sites excluding steroid dienone is 1. The number of carbonyl (C=O) groups excluding carboxylic acids is 3. The average Bonchev–Trinajstić information content (AvgIpc) is 3.92. The van der Waals surface area contributed by atoms with Gasteiger partial charge in [0.15, 0.2) is 34.6 Å². The maximum atomic E-state index is 11.7. The molecule has 8 rings (SSSR count). The topological polar surface area (TPSA) is 217 Å². The zero-order chi connectivity index (χ0) is 41.7. The van der Waals surface area contributed by atoms with E-state index < -0.39 is 34.5 Å². The number of hydrogen-bond acceptors (Lipinski definition) is 17. The fourth-order valence-electron chi connectivity index (χ4n) is 6.82. The lowest BCUT2D eigenvalue weighted by Crippen LogP contribution is -2.43. The number of aromatic amines is 1. The molecule has 316 valence electrons. The molecule has 5 aliphatic heterocycles. The molecule has 0 spiro atoms. The molecule has 22 heteroatoms. The molecule has 6 heterocycles. The number of para-hydroxylation sites is 1. The van der Waals surface area contributed by atoms with Gasteiger partial charge in [-0.1, -0.05) is 18.7 Å². The van der Waals surface area contributed by atoms with Gasteiger partial charge in [-0.25, -0.2) is 0 Å². The number of nitrogens with one attached hydrogen (secondary N) is 2. The molecule has 2 aromatic rings. The highest BCUT2D eigenvalue weighted by molar-refractivity contribution is 7.71. The van der Waals surface area contributed by atoms with Crippen molar-refractivity contribution in [3.63, 3.8) is 0 Å². The Hall–Kier alpha value is -4.33. The van der Waals surface area contributed by atoms with Crippen LogP contribution in [0.4, 0.5) is 0 Å². The standard InChI is InChI=1S/C19H21N2O8P.C18H21N2O7PS/c1-12-20-19(23)14(9-22)8-21(12)17-7-6-15(28-17)11-27-30(24)26-10-13-4-3-5-16(25-2)18(13)29-30;1-23-14-4-2-3-11-9-24-28(27-16(11)14)25-10-13-5-6-15(26-13)20-7-12(8-21)17(22)19-18(20)29/h3-5,8-9,15,17,24H,1,6-7,10-11H2,2H3;4,7-8,13,15H,2-3,5-6,9-10H2,1H3,(H,19,22,29)/p+1. The number of ether oxygens (including phenoxy) is 4. The first-order valence-electron chi connectivity index (χ1n) is 18.5. The molecule has 6 aliphatic rings. The van der Waals surface area contributed by atoms with Gasteiger partial charge in [-0.05, 0) is 62.9 Å². The van der Waals surface area contributed by atoms with Crippen molar-refractivity contribution in [3.05, 3.63) is 98.0 Å². The van der Waals surface area contributed by atoms with Crippen LogP contribution in [-0.2, 0) is 53.0 Å². The molecule has 6 unspecified atom stereocenters. The third-order valence-corrected chi connectivity index (χ3v) is 12.5. The summed E-state index contributed by atoms with van der Waals surface area (Å²) in [7, 11) is -1.98. The second-order valence-electron chi connectivity index (χ2n) is 13.7. The number of amides is 1. The molecule has 19 nitrogen and oxygen atoms in total. The van der Waals surface area contributed by atoms with Gasteiger partial charge in [-0.2, -0.15) is 4.89 Å². The van der Waals surface area contributed by atoms with E-state index in [-0.39, 0.29) is 47.6 Å². The summed E-state index contributed by atoms with van der Waals surface area (Å²) < 4.78 is 58.4. The molecule has 6 atom stereocenters. The van der Waals surface area contributed by atoms with Crippen LogP contribution in [0.25, 0.3) is 0 Å². The maximum absolute atomic E-state index is 11.7. The first-order chi connectivity index (χ1) is 28.5. The zero-order valence-corrected chi connectivity index (χ0v) is 34.7. The lowest BCUT2D eigenvalue weighted by Gasteiger charge is -2.32. The molecule has 0 saturated carbocycles. The third-order valence-electron chi connectivity index (χ3n) is 9.86. The molecule has 1 aliphatic carbocycles. The Morgan fingerprint density at radius 2 is 1.83 bits per heavy atom. The predicted octanol–water partition coefficient (Wildman–Crippen LogP) is 5.05. The SMILES string of the molecule is C=C1NC(=O)C(C=O)=CN1C1CCC(CO[P+]2(O)OCc3cccc(OC)c3O2)O1.COC1=CCCC2=C1OP(OCC1CCC(n3cc(C=O)c(=O)[nH]c3=S)O1)OC2. The van der Waals surface area contributed by atoms with Crippen molar-refractivity contribution in [1.82, 2.24) is 19.8 Å². The minimum Gasteiger partial charge on any atom is -0.493 e. The van der Waals surface area contributed by atoms with Gasteiger partial charge < -0.3 is 33.7 Å². The van der Waals surface area contributed by atoms with E-state index in [0.29, 0.717) is 62.4 Å². The smallest absolute Gasteiger partial charge is 0.493 e. The number of methoxy groups -OCH3 is 2. The van der Waals surface area contributed by atoms with Gasteiger partial charge in [-0.3, -0.25) is 42.3 Å². The van der Waals surface area contributed by atoms with Crippen LogP contribution in [-0.4, -0.2) is 90.3 Å². The van der Waals surface area contributed by atoms with E-state index in [9.17, 15) is 24.1 Å². The molecule has 1 aromatic carbocycles. The Kier molecular flexibility index (Phi) is 13.7. The second-order valence-corrected chi connectivity index (χ2v) is 16.8. The summed E-state index contributed by atoms with van der Waals surface area (Å²) in [6.45, 7) is 4.74. The van der Waals surface area contributed by atoms with Crippen molar-refractivity contribution < 1.29 is 65.4 Å². The summed E-state index contributed by atoms with van der Waals surface area (Å²) in [6, 6.07) is 5.35. The number of nitrogens with zero attached hydrogens (tertiary/aromatic N) is 2. The lowest BCUT2D eigenvalue weighted by molar-refractivity contribution is -0.120. The number of hydrogen-bond donors (Lipinski definition) is 3. The van der Waals surface area contributed by atoms with E-state index in [1.54, 1.807) is 22.6 Å². The van der Waals surface area contributed by atoms with Crippen molar-refractivity contribution in [2.45, 2.75) is 69.8 Å². The fraction of sp³-hybridized carbons (Fsp3) is 0.432. The number of carbonyl (C=O) groups is 3. The Labute approximate surface area is 345 Å². The first-order valence-corrected chi connectivity index (χ1v) is 21.5. The van der Waals surface area contributed by atoms with Crippen molar-refractivity contribution >= 4 is 47.5 Å². The Balaban J connectivity index is 0.000000179. The van der Waals surface area contributed by atoms with Crippen LogP contribution in [0.1, 0.15) is 60.7 Å². The van der Waals surface area contributed by atoms with Crippen LogP contribution in [0.3, 0.4) is 0 Å². The van der Waals surface area contributed by atoms with E-state index in [4.69, 9.17) is 58.3 Å². The van der Waals surface area contributed by atoms with Crippen molar-refractivity contribution in [3.8, 4) is 11.5 Å². The minimum atomic E-state index is -3.58. The van der Waals surface area contributed by atoms with Crippen LogP contribution in [0.2, 0.25) is 0 Å². The monoisotopic (exact) mass is 877 g/mol. The van der Waals surface area contributed by atoms with Crippen LogP contribution in [0.5, 0.6) is 11.5 Å². The molecule has 0 bridgehead atoms. The number of rotatable bonds is 12. The van der Waals surface area contributed by atoms with Gasteiger partial charge in [0.25, 0.3) is 11.5 Å². The highest BCUT2D eigenvalue weighted by Gasteiger charge is 2.52. The van der Waals surface area contributed by atoms with Crippen molar-refractivity contribution in [1.29, 1.82) is 0 Å². The summed E-state index contributed by atoms with van der Waals surface area (Å²) in [6.07, 6.45) is 8.96. The first kappa shape index (κ1) is 42.8. The summed E-state index contributed by atoms with van der Waals surface area (Å²) in [5.41, 5.74) is 1.33. The van der Waals surface area contributed by atoms with Gasteiger partial charge in [0.1, 0.15) is 31.5 Å². The number of aromatic nitrogens is 2. The van der Waals surface area contributed by atoms with Gasteiger partial charge in [0.2, 0.25) is 5.75 Å². The number of fused-ring (bicyclic) bond motifs is 1. The van der Waals surface area contributed by atoms with E-state index in [1.807, 2.05) is 18.2 Å². The van der Waals surface area contributed by atoms with E-state index in [2.05, 4.69) is 16.9 Å². The molecular formula is C37H43N4O15P2S+. The number of H-pyrrole nitrogens is 1. The average molecular weight is 878 g/mol. The Morgan fingerprint density at radius 3 is 2.59 bits per heavy atom. The van der Waals surface area contributed by atoms with E-state index >= 15 is 0 Å². The molecule has 3 N–H and O–H groups in total. The molecule has 1 amide bonds. The molecule has 1 aromatic heterocycles. The normalized spacial score (nSPS) is 27.4. The molecule has 59 heavy (non-hydrogen) atoms. The maximum Gasteiger partial charge on any atom is 0.619 e. The predicted molar refractivity (Wildman–Crippen MR) is 210 cm³/mol. The fourth-order valence-corrected chi connectivity index (χ4v) is 9.45. The van der Waals surface area contributed by atoms with Crippen molar-refractivity contribution in [2.24, 2.45) is 0 Å². The number of benzene rings is 1. The molecule has 2 saturated heterocycles. The Bertz CT molecular complexity index is 2160. The highest BCUT2D eigenvalue weighted by Crippen LogP contribution is 2.63. The number of aldehydes is 2. The van der Waals surface area contributed by atoms with E-state index in [0.717, 1.165) is 41.9 Å². The van der Waals surface area contributed by atoms with Gasteiger partial charge in [0, 0.05) is 23.5 Å². The van der Waals surface area contributed by atoms with Gasteiger partial charge in [0.05, 0.1) is 50.8 Å². The van der Waals surface area contributed by atoms with Gasteiger partial charge >= 0.3 is 16.8 Å². The summed E-state index contributed by atoms with van der Waals surface area (Å²) in [4.78, 5) is 60.2. The van der Waals surface area contributed by atoms with E-state index in [1.165, 1.54) is 19.5 Å². The summed E-state index contributed by atoms with van der Waals surface area (Å²) in [5, 5.41) is 2.53. The molecule has 0 radical (unpaired) electrons. The zero-order valence-electron chi connectivity index (χ0n) is 32.1. The largest absolute Gasteiger partial charge is 0.619 e. The lowest BCUT2D eigenvalue weighted by atomic mass is 10.0.